The molecule has 1 aromatic carbocycles. The van der Waals surface area contributed by atoms with Crippen molar-refractivity contribution in [3.05, 3.63) is 53.5 Å². The molecule has 2 N–H and O–H groups in total. The van der Waals surface area contributed by atoms with E-state index in [-0.39, 0.29) is 23.6 Å². The van der Waals surface area contributed by atoms with Crippen LogP contribution in [0.4, 0.5) is 15.9 Å². The molecule has 8 nitrogen and oxygen atoms in total. The number of rotatable bonds is 5. The van der Waals surface area contributed by atoms with Crippen molar-refractivity contribution >= 4 is 23.4 Å². The summed E-state index contributed by atoms with van der Waals surface area (Å²) in [5.41, 5.74) is 0.517. The highest BCUT2D eigenvalue weighted by Crippen LogP contribution is 2.55. The number of aliphatic hydroxyl groups is 1. The van der Waals surface area contributed by atoms with E-state index in [2.05, 4.69) is 26.8 Å². The first kappa shape index (κ1) is 25.1. The van der Waals surface area contributed by atoms with Crippen molar-refractivity contribution in [1.82, 2.24) is 10.3 Å². The molecule has 4 bridgehead atoms. The Morgan fingerprint density at radius 3 is 2.55 bits per heavy atom. The van der Waals surface area contributed by atoms with Gasteiger partial charge in [-0.2, -0.15) is 0 Å². The van der Waals surface area contributed by atoms with Crippen molar-refractivity contribution in [1.29, 1.82) is 0 Å². The predicted octanol–water partition coefficient (Wildman–Crippen LogP) is 3.39. The second-order valence-electron chi connectivity index (χ2n) is 11.7. The summed E-state index contributed by atoms with van der Waals surface area (Å²) in [5, 5.41) is 14.1. The fourth-order valence-corrected chi connectivity index (χ4v) is 7.66. The monoisotopic (exact) mass is 522 g/mol. The average molecular weight is 523 g/mol. The van der Waals surface area contributed by atoms with Crippen molar-refractivity contribution in [2.45, 2.75) is 56.7 Å². The standard InChI is InChI=1S/C29H35FN4O4/c1-17-16-33(21-6-7-22(23(30)12-21)28(36)38-2)8-9-34(17)25-5-3-4-24(31-25)27(35)32-26-19-10-18-11-20(26)15-29(37,13-18)14-19/h3-7,12,17-20,26,37H,8-11,13-16H2,1-2H3,(H,32,35). The van der Waals surface area contributed by atoms with Crippen LogP contribution in [0.2, 0.25) is 0 Å². The highest BCUT2D eigenvalue weighted by molar-refractivity contribution is 5.93. The molecule has 7 rings (SSSR count). The molecule has 5 fully saturated rings. The number of nitrogens with zero attached hydrogens (tertiary/aromatic N) is 3. The van der Waals surface area contributed by atoms with Crippen LogP contribution in [0.5, 0.6) is 0 Å². The number of hydrogen-bond acceptors (Lipinski definition) is 7. The normalized spacial score (nSPS) is 31.8. The molecule has 1 aliphatic heterocycles. The van der Waals surface area contributed by atoms with Gasteiger partial charge < -0.3 is 25.0 Å². The number of aromatic nitrogens is 1. The molecule has 1 saturated heterocycles. The molecule has 2 heterocycles. The molecule has 202 valence electrons. The van der Waals surface area contributed by atoms with Gasteiger partial charge in [0.25, 0.3) is 5.91 Å². The van der Waals surface area contributed by atoms with Gasteiger partial charge in [-0.3, -0.25) is 4.79 Å². The van der Waals surface area contributed by atoms with E-state index >= 15 is 0 Å². The highest BCUT2D eigenvalue weighted by Gasteiger charge is 2.55. The number of hydrogen-bond donors (Lipinski definition) is 2. The number of carbonyl (C=O) groups excluding carboxylic acids is 2. The van der Waals surface area contributed by atoms with E-state index < -0.39 is 17.4 Å². The fraction of sp³-hybridized carbons (Fsp3) is 0.552. The summed E-state index contributed by atoms with van der Waals surface area (Å²) in [6, 6.07) is 10.3. The number of ether oxygens (including phenoxy) is 1. The molecule has 5 aliphatic rings. The molecule has 1 amide bonds. The number of pyridine rings is 1. The van der Waals surface area contributed by atoms with Gasteiger partial charge >= 0.3 is 5.97 Å². The first-order chi connectivity index (χ1) is 18.2. The second-order valence-corrected chi connectivity index (χ2v) is 11.7. The number of amides is 1. The lowest BCUT2D eigenvalue weighted by Crippen LogP contribution is -2.61. The lowest BCUT2D eigenvalue weighted by atomic mass is 9.52. The Kier molecular flexibility index (Phi) is 6.29. The molecule has 0 radical (unpaired) electrons. The Balaban J connectivity index is 1.11. The summed E-state index contributed by atoms with van der Waals surface area (Å²) in [5.74, 6) is 0.590. The third-order valence-electron chi connectivity index (χ3n) is 9.15. The molecule has 3 atom stereocenters. The van der Waals surface area contributed by atoms with Crippen molar-refractivity contribution in [3.8, 4) is 0 Å². The summed E-state index contributed by atoms with van der Waals surface area (Å²) in [7, 11) is 1.23. The predicted molar refractivity (Wildman–Crippen MR) is 141 cm³/mol. The second kappa shape index (κ2) is 9.52. The van der Waals surface area contributed by atoms with Crippen LogP contribution in [0.15, 0.2) is 36.4 Å². The molecule has 4 saturated carbocycles. The summed E-state index contributed by atoms with van der Waals surface area (Å²) in [6.45, 7) is 4.03. The quantitative estimate of drug-likeness (QED) is 0.582. The SMILES string of the molecule is COC(=O)c1ccc(N2CCN(c3cccc(C(=O)NC4C5CC6CC4CC(O)(C6)C5)n3)C(C)C2)cc1F. The molecule has 4 aliphatic carbocycles. The zero-order valence-electron chi connectivity index (χ0n) is 21.9. The van der Waals surface area contributed by atoms with Crippen molar-refractivity contribution in [2.24, 2.45) is 17.8 Å². The lowest BCUT2D eigenvalue weighted by molar-refractivity contribution is -0.136. The van der Waals surface area contributed by atoms with Gasteiger partial charge in [-0.25, -0.2) is 14.2 Å². The van der Waals surface area contributed by atoms with E-state index in [1.54, 1.807) is 12.1 Å². The molecule has 1 aromatic heterocycles. The Morgan fingerprint density at radius 1 is 1.13 bits per heavy atom. The number of nitrogens with one attached hydrogen (secondary N) is 1. The van der Waals surface area contributed by atoms with Crippen LogP contribution in [-0.2, 0) is 4.74 Å². The maximum Gasteiger partial charge on any atom is 0.340 e. The van der Waals surface area contributed by atoms with Crippen molar-refractivity contribution in [2.75, 3.05) is 36.5 Å². The van der Waals surface area contributed by atoms with Gasteiger partial charge in [0.1, 0.15) is 17.3 Å². The minimum absolute atomic E-state index is 0.0723. The van der Waals surface area contributed by atoms with E-state index in [9.17, 15) is 19.1 Å². The van der Waals surface area contributed by atoms with Crippen molar-refractivity contribution in [3.63, 3.8) is 0 Å². The third kappa shape index (κ3) is 4.51. The minimum Gasteiger partial charge on any atom is -0.465 e. The Morgan fingerprint density at radius 2 is 1.89 bits per heavy atom. The third-order valence-corrected chi connectivity index (χ3v) is 9.15. The van der Waals surface area contributed by atoms with Gasteiger partial charge in [-0.1, -0.05) is 6.07 Å². The Labute approximate surface area is 222 Å². The topological polar surface area (TPSA) is 95.0 Å². The van der Waals surface area contributed by atoms with Crippen LogP contribution >= 0.6 is 0 Å². The number of halogens is 1. The maximum atomic E-state index is 14.5. The van der Waals surface area contributed by atoms with Gasteiger partial charge in [0.05, 0.1) is 18.3 Å². The molecule has 9 heteroatoms. The van der Waals surface area contributed by atoms with E-state index in [1.807, 2.05) is 12.1 Å². The van der Waals surface area contributed by atoms with Crippen LogP contribution in [0.1, 0.15) is 59.9 Å². The molecule has 2 aromatic rings. The van der Waals surface area contributed by atoms with Gasteiger partial charge in [0, 0.05) is 37.4 Å². The first-order valence-electron chi connectivity index (χ1n) is 13.6. The molecular formula is C29H35FN4O4. The van der Waals surface area contributed by atoms with E-state index in [1.165, 1.54) is 19.2 Å². The average Bonchev–Trinajstić information content (AvgIpc) is 2.89. The summed E-state index contributed by atoms with van der Waals surface area (Å²) in [6.07, 6.45) is 4.68. The number of benzene rings is 1. The Hall–Kier alpha value is -3.20. The molecular weight excluding hydrogens is 487 g/mol. The maximum absolute atomic E-state index is 14.5. The van der Waals surface area contributed by atoms with Crippen LogP contribution in [0, 0.1) is 23.6 Å². The van der Waals surface area contributed by atoms with Gasteiger partial charge in [0.2, 0.25) is 0 Å². The Bertz CT molecular complexity index is 1240. The fourth-order valence-electron chi connectivity index (χ4n) is 7.66. The van der Waals surface area contributed by atoms with Crippen LogP contribution in [0.25, 0.3) is 0 Å². The van der Waals surface area contributed by atoms with E-state index in [4.69, 9.17) is 4.98 Å². The zero-order valence-corrected chi connectivity index (χ0v) is 21.9. The van der Waals surface area contributed by atoms with Gasteiger partial charge in [-0.15, -0.1) is 0 Å². The zero-order chi connectivity index (χ0) is 26.6. The number of piperazine rings is 1. The number of methoxy groups -OCH3 is 1. The summed E-state index contributed by atoms with van der Waals surface area (Å²) >= 11 is 0. The van der Waals surface area contributed by atoms with E-state index in [0.29, 0.717) is 48.8 Å². The number of carbonyl (C=O) groups is 2. The van der Waals surface area contributed by atoms with Gasteiger partial charge in [0.15, 0.2) is 0 Å². The number of anilines is 2. The largest absolute Gasteiger partial charge is 0.465 e. The minimum atomic E-state index is -0.692. The van der Waals surface area contributed by atoms with Crippen LogP contribution in [0.3, 0.4) is 0 Å². The first-order valence-corrected chi connectivity index (χ1v) is 13.6. The van der Waals surface area contributed by atoms with Gasteiger partial charge in [-0.05, 0) is 87.1 Å². The lowest BCUT2D eigenvalue weighted by Gasteiger charge is -2.58. The van der Waals surface area contributed by atoms with Crippen LogP contribution in [-0.4, -0.2) is 66.4 Å². The summed E-state index contributed by atoms with van der Waals surface area (Å²) < 4.78 is 19.1. The smallest absolute Gasteiger partial charge is 0.340 e. The molecule has 38 heavy (non-hydrogen) atoms. The molecule has 3 unspecified atom stereocenters. The van der Waals surface area contributed by atoms with E-state index in [0.717, 1.165) is 37.9 Å². The summed E-state index contributed by atoms with van der Waals surface area (Å²) in [4.78, 5) is 34.0. The van der Waals surface area contributed by atoms with Crippen molar-refractivity contribution < 1.29 is 23.8 Å². The molecule has 0 spiro atoms. The van der Waals surface area contributed by atoms with Crippen LogP contribution < -0.4 is 15.1 Å². The number of esters is 1. The highest BCUT2D eigenvalue weighted by atomic mass is 19.1.